The third-order valence-corrected chi connectivity index (χ3v) is 11.6. The minimum Gasteiger partial charge on any atom is -0.353 e. The standard InChI is InChI=1S/C25H16BrN3O2.C6H16OS/c26-12-9-10-16-15(11-12)18-20-21(25(31)28-24(20)30)19-14-7-3-4-8-17(14)29(13-5-1-2-6-13)23(19)22(18)27-16;1-6(2,3)8(4,5)7/h1,3-5,7-11,13,27H,2,6H2,(H,28,30,31);7H,1-5H3. The van der Waals surface area contributed by atoms with Crippen molar-refractivity contribution in [3.8, 4) is 0 Å². The van der Waals surface area contributed by atoms with E-state index in [2.05, 4.69) is 69.8 Å². The second kappa shape index (κ2) is 8.98. The molecule has 1 atom stereocenters. The molecule has 0 spiro atoms. The third-order valence-electron chi connectivity index (χ3n) is 8.16. The van der Waals surface area contributed by atoms with Crippen LogP contribution in [0.5, 0.6) is 0 Å². The van der Waals surface area contributed by atoms with Crippen molar-refractivity contribution in [3.05, 3.63) is 70.2 Å². The topological polar surface area (TPSA) is 87.1 Å². The van der Waals surface area contributed by atoms with Gasteiger partial charge in [-0.05, 0) is 49.6 Å². The summed E-state index contributed by atoms with van der Waals surface area (Å²) in [6.45, 7) is 6.17. The summed E-state index contributed by atoms with van der Waals surface area (Å²) in [7, 11) is -1.34. The lowest BCUT2D eigenvalue weighted by molar-refractivity contribution is 0.0880. The van der Waals surface area contributed by atoms with Gasteiger partial charge < -0.3 is 14.1 Å². The number of nitrogens with one attached hydrogen (secondary N) is 2. The van der Waals surface area contributed by atoms with E-state index in [9.17, 15) is 14.1 Å². The highest BCUT2D eigenvalue weighted by molar-refractivity contribution is 9.10. The van der Waals surface area contributed by atoms with Crippen molar-refractivity contribution in [2.45, 2.75) is 44.4 Å². The van der Waals surface area contributed by atoms with Crippen molar-refractivity contribution < 1.29 is 14.1 Å². The lowest BCUT2D eigenvalue weighted by Crippen LogP contribution is -2.21. The lowest BCUT2D eigenvalue weighted by Gasteiger charge is -2.38. The van der Waals surface area contributed by atoms with E-state index in [4.69, 9.17) is 0 Å². The Balaban J connectivity index is 0.000000305. The molecule has 39 heavy (non-hydrogen) atoms. The number of nitrogens with zero attached hydrogens (tertiary/aromatic N) is 1. The van der Waals surface area contributed by atoms with Gasteiger partial charge in [-0.15, -0.1) is 10.3 Å². The average Bonchev–Trinajstić information content (AvgIpc) is 3.62. The van der Waals surface area contributed by atoms with Crippen molar-refractivity contribution in [2.24, 2.45) is 0 Å². The Morgan fingerprint density at radius 1 is 1.00 bits per heavy atom. The van der Waals surface area contributed by atoms with Crippen molar-refractivity contribution in [2.75, 3.05) is 12.5 Å². The molecular weight excluding hydrogens is 574 g/mol. The zero-order valence-electron chi connectivity index (χ0n) is 22.7. The highest BCUT2D eigenvalue weighted by atomic mass is 79.9. The molecule has 1 unspecified atom stereocenters. The number of amides is 2. The van der Waals surface area contributed by atoms with Gasteiger partial charge in [-0.2, -0.15) is 0 Å². The Kier molecular flexibility index (Phi) is 6.02. The van der Waals surface area contributed by atoms with Gasteiger partial charge in [0, 0.05) is 41.8 Å². The monoisotopic (exact) mass is 605 g/mol. The smallest absolute Gasteiger partial charge is 0.259 e. The first-order valence-corrected chi connectivity index (χ1v) is 16.3. The highest BCUT2D eigenvalue weighted by Gasteiger charge is 2.36. The molecule has 1 aliphatic carbocycles. The molecule has 0 fully saturated rings. The molecule has 7 rings (SSSR count). The minimum atomic E-state index is -1.34. The molecule has 0 radical (unpaired) electrons. The third kappa shape index (κ3) is 4.03. The molecule has 3 heterocycles. The van der Waals surface area contributed by atoms with Crippen molar-refractivity contribution in [1.82, 2.24) is 14.9 Å². The fourth-order valence-corrected chi connectivity index (χ4v) is 5.83. The number of para-hydroxylation sites is 1. The molecule has 1 aliphatic heterocycles. The van der Waals surface area contributed by atoms with Crippen molar-refractivity contribution in [1.29, 1.82) is 0 Å². The van der Waals surface area contributed by atoms with Gasteiger partial charge in [0.15, 0.2) is 0 Å². The predicted molar refractivity (Wildman–Crippen MR) is 168 cm³/mol. The van der Waals surface area contributed by atoms with Crippen molar-refractivity contribution in [3.63, 3.8) is 0 Å². The first-order valence-electron chi connectivity index (χ1n) is 13.1. The maximum atomic E-state index is 13.1. The SMILES string of the molecule is CC(C)(C)S(C)(C)O.O=C1NC(=O)c2c1c1c3cc(Br)ccc3[nH]c1c1c2c2ccccc2n1C1C=CCC1. The molecule has 0 saturated heterocycles. The van der Waals surface area contributed by atoms with Gasteiger partial charge >= 0.3 is 0 Å². The van der Waals surface area contributed by atoms with Crippen LogP contribution >= 0.6 is 26.2 Å². The number of fused-ring (bicyclic) bond motifs is 10. The van der Waals surface area contributed by atoms with E-state index in [1.807, 2.05) is 48.9 Å². The summed E-state index contributed by atoms with van der Waals surface area (Å²) in [5.41, 5.74) is 4.88. The molecule has 0 bridgehead atoms. The molecule has 6 nitrogen and oxygen atoms in total. The molecule has 2 aliphatic rings. The van der Waals surface area contributed by atoms with Crippen LogP contribution in [0.15, 0.2) is 59.1 Å². The largest absolute Gasteiger partial charge is 0.353 e. The maximum Gasteiger partial charge on any atom is 0.259 e. The molecule has 202 valence electrons. The molecule has 3 aromatic carbocycles. The summed E-state index contributed by atoms with van der Waals surface area (Å²) >= 11 is 3.56. The van der Waals surface area contributed by atoms with Crippen LogP contribution in [0.25, 0.3) is 43.6 Å². The lowest BCUT2D eigenvalue weighted by atomic mass is 9.96. The fraction of sp³-hybridized carbons (Fsp3) is 0.290. The van der Waals surface area contributed by atoms with Crippen LogP contribution in [0.1, 0.15) is 60.4 Å². The van der Waals surface area contributed by atoms with Gasteiger partial charge in [0.05, 0.1) is 28.2 Å². The molecule has 8 heteroatoms. The Hall–Kier alpha value is -3.07. The summed E-state index contributed by atoms with van der Waals surface area (Å²) in [5.74, 6) is -0.647. The summed E-state index contributed by atoms with van der Waals surface area (Å²) in [6.07, 6.45) is 10.3. The maximum absolute atomic E-state index is 13.1. The van der Waals surface area contributed by atoms with Gasteiger partial charge in [0.25, 0.3) is 11.8 Å². The number of hydrogen-bond donors (Lipinski definition) is 3. The van der Waals surface area contributed by atoms with Crippen LogP contribution in [0, 0.1) is 0 Å². The fourth-order valence-electron chi connectivity index (χ4n) is 5.47. The molecular formula is C31H32BrN3O3S. The van der Waals surface area contributed by atoms with Crippen molar-refractivity contribution >= 4 is 81.7 Å². The van der Waals surface area contributed by atoms with Gasteiger partial charge in [-0.1, -0.05) is 67.1 Å². The second-order valence-electron chi connectivity index (χ2n) is 11.7. The van der Waals surface area contributed by atoms with Gasteiger partial charge in [0.2, 0.25) is 0 Å². The average molecular weight is 607 g/mol. The number of hydrogen-bond acceptors (Lipinski definition) is 3. The number of carbonyl (C=O) groups excluding carboxylic acids is 2. The Morgan fingerprint density at radius 3 is 2.31 bits per heavy atom. The van der Waals surface area contributed by atoms with E-state index < -0.39 is 10.3 Å². The zero-order chi connectivity index (χ0) is 27.9. The minimum absolute atomic E-state index is 0.0764. The van der Waals surface area contributed by atoms with Crippen LogP contribution < -0.4 is 5.32 Å². The number of rotatable bonds is 1. The van der Waals surface area contributed by atoms with E-state index >= 15 is 0 Å². The molecule has 2 aromatic heterocycles. The Morgan fingerprint density at radius 2 is 1.67 bits per heavy atom. The number of H-pyrrole nitrogens is 1. The van der Waals surface area contributed by atoms with E-state index in [0.29, 0.717) is 11.1 Å². The van der Waals surface area contributed by atoms with Gasteiger partial charge in [-0.3, -0.25) is 14.9 Å². The number of carbonyl (C=O) groups is 2. The van der Waals surface area contributed by atoms with Crippen LogP contribution in [0.3, 0.4) is 0 Å². The van der Waals surface area contributed by atoms with Gasteiger partial charge in [-0.25, -0.2) is 0 Å². The van der Waals surface area contributed by atoms with E-state index in [1.54, 1.807) is 0 Å². The van der Waals surface area contributed by atoms with E-state index in [0.717, 1.165) is 60.9 Å². The number of halogens is 1. The van der Waals surface area contributed by atoms with E-state index in [1.165, 1.54) is 0 Å². The number of aromatic nitrogens is 2. The number of imide groups is 1. The molecule has 5 aromatic rings. The zero-order valence-corrected chi connectivity index (χ0v) is 25.1. The number of benzene rings is 3. The number of allylic oxidation sites excluding steroid dienone is 2. The molecule has 2 amide bonds. The summed E-state index contributed by atoms with van der Waals surface area (Å²) in [6, 6.07) is 14.4. The quantitative estimate of drug-likeness (QED) is 0.133. The Labute approximate surface area is 237 Å². The molecule has 0 saturated carbocycles. The Bertz CT molecular complexity index is 1860. The summed E-state index contributed by atoms with van der Waals surface area (Å²) in [4.78, 5) is 29.6. The second-order valence-corrected chi connectivity index (χ2v) is 16.4. The van der Waals surface area contributed by atoms with Crippen LogP contribution in [-0.4, -0.2) is 43.2 Å². The van der Waals surface area contributed by atoms with E-state index in [-0.39, 0.29) is 22.6 Å². The molecule has 3 N–H and O–H groups in total. The summed E-state index contributed by atoms with van der Waals surface area (Å²) in [5, 5.41) is 6.16. The van der Waals surface area contributed by atoms with Gasteiger partial charge in [0.1, 0.15) is 0 Å². The number of aromatic amines is 1. The van der Waals surface area contributed by atoms with Crippen LogP contribution in [0.2, 0.25) is 0 Å². The van der Waals surface area contributed by atoms with Crippen LogP contribution in [-0.2, 0) is 0 Å². The normalized spacial score (nSPS) is 17.8. The predicted octanol–water partition coefficient (Wildman–Crippen LogP) is 8.29. The first kappa shape index (κ1) is 26.2. The highest BCUT2D eigenvalue weighted by Crippen LogP contribution is 2.48. The van der Waals surface area contributed by atoms with Crippen LogP contribution in [0.4, 0.5) is 0 Å². The summed E-state index contributed by atoms with van der Waals surface area (Å²) < 4.78 is 12.8. The first-order chi connectivity index (χ1) is 18.4.